The van der Waals surface area contributed by atoms with Gasteiger partial charge in [-0.25, -0.2) is 8.78 Å². The summed E-state index contributed by atoms with van der Waals surface area (Å²) >= 11 is 0. The lowest BCUT2D eigenvalue weighted by Gasteiger charge is -2.00. The molecule has 0 bridgehead atoms. The second-order valence-corrected chi connectivity index (χ2v) is 3.08. The lowest BCUT2D eigenvalue weighted by Crippen LogP contribution is -1.86. The van der Waals surface area contributed by atoms with Crippen molar-refractivity contribution in [2.24, 2.45) is 0 Å². The van der Waals surface area contributed by atoms with Gasteiger partial charge in [-0.1, -0.05) is 12.1 Å². The van der Waals surface area contributed by atoms with Crippen LogP contribution in [0.1, 0.15) is 18.9 Å². The molecular weight excluding hydrogens is 170 g/mol. The first kappa shape index (κ1) is 9.90. The van der Waals surface area contributed by atoms with E-state index < -0.39 is 0 Å². The van der Waals surface area contributed by atoms with Crippen molar-refractivity contribution >= 4 is 0 Å². The average molecular weight is 182 g/mol. The van der Waals surface area contributed by atoms with Crippen LogP contribution in [0.15, 0.2) is 36.2 Å². The van der Waals surface area contributed by atoms with E-state index in [0.29, 0.717) is 18.3 Å². The molecule has 0 aliphatic carbocycles. The van der Waals surface area contributed by atoms with Gasteiger partial charge in [0.15, 0.2) is 0 Å². The molecule has 0 saturated heterocycles. The Morgan fingerprint density at radius 2 is 1.92 bits per heavy atom. The molecule has 1 rings (SSSR count). The van der Waals surface area contributed by atoms with E-state index in [1.165, 1.54) is 12.1 Å². The van der Waals surface area contributed by atoms with Crippen LogP contribution in [0.4, 0.5) is 8.78 Å². The molecule has 2 heteroatoms. The molecule has 0 nitrogen and oxygen atoms in total. The molecule has 70 valence electrons. The average Bonchev–Trinajstić information content (AvgIpc) is 2.16. The third-order valence-corrected chi connectivity index (χ3v) is 1.91. The van der Waals surface area contributed by atoms with Crippen LogP contribution in [0.5, 0.6) is 0 Å². The standard InChI is InChI=1S/C11H12F2/c1-9(8-12)2-3-10-4-6-11(13)7-5-10/h4-8H,2-3H2,1H3. The third kappa shape index (κ3) is 3.36. The zero-order chi connectivity index (χ0) is 9.68. The highest BCUT2D eigenvalue weighted by Crippen LogP contribution is 2.09. The van der Waals surface area contributed by atoms with Gasteiger partial charge < -0.3 is 0 Å². The summed E-state index contributed by atoms with van der Waals surface area (Å²) in [6, 6.07) is 6.29. The molecule has 13 heavy (non-hydrogen) atoms. The van der Waals surface area contributed by atoms with E-state index >= 15 is 0 Å². The Morgan fingerprint density at radius 3 is 2.46 bits per heavy atom. The molecule has 0 saturated carbocycles. The predicted molar refractivity (Wildman–Crippen MR) is 49.6 cm³/mol. The third-order valence-electron chi connectivity index (χ3n) is 1.91. The number of hydrogen-bond donors (Lipinski definition) is 0. The fourth-order valence-corrected chi connectivity index (χ4v) is 1.05. The number of aryl methyl sites for hydroxylation is 1. The smallest absolute Gasteiger partial charge is 0.123 e. The highest BCUT2D eigenvalue weighted by Gasteiger charge is 1.95. The summed E-state index contributed by atoms with van der Waals surface area (Å²) in [5, 5.41) is 0. The monoisotopic (exact) mass is 182 g/mol. The van der Waals surface area contributed by atoms with Gasteiger partial charge in [0, 0.05) is 0 Å². The van der Waals surface area contributed by atoms with Gasteiger partial charge in [0.05, 0.1) is 6.33 Å². The highest BCUT2D eigenvalue weighted by atomic mass is 19.1. The fraction of sp³-hybridized carbons (Fsp3) is 0.273. The lowest BCUT2D eigenvalue weighted by atomic mass is 10.1. The van der Waals surface area contributed by atoms with Gasteiger partial charge in [-0.15, -0.1) is 0 Å². The van der Waals surface area contributed by atoms with E-state index in [9.17, 15) is 8.78 Å². The van der Waals surface area contributed by atoms with Crippen molar-refractivity contribution < 1.29 is 8.78 Å². The molecule has 0 unspecified atom stereocenters. The Hall–Kier alpha value is -1.18. The number of allylic oxidation sites excluding steroid dienone is 1. The van der Waals surface area contributed by atoms with E-state index in [1.807, 2.05) is 0 Å². The van der Waals surface area contributed by atoms with E-state index in [1.54, 1.807) is 19.1 Å². The highest BCUT2D eigenvalue weighted by molar-refractivity contribution is 5.17. The molecule has 1 aromatic carbocycles. The molecule has 0 aromatic heterocycles. The van der Waals surface area contributed by atoms with Crippen molar-refractivity contribution in [1.82, 2.24) is 0 Å². The number of rotatable bonds is 3. The zero-order valence-corrected chi connectivity index (χ0v) is 7.56. The summed E-state index contributed by atoms with van der Waals surface area (Å²) in [5.74, 6) is -0.235. The van der Waals surface area contributed by atoms with Crippen LogP contribution in [-0.4, -0.2) is 0 Å². The molecule has 0 atom stereocenters. The van der Waals surface area contributed by atoms with Gasteiger partial charge in [-0.05, 0) is 43.0 Å². The van der Waals surface area contributed by atoms with Gasteiger partial charge in [-0.2, -0.15) is 0 Å². The van der Waals surface area contributed by atoms with Crippen LogP contribution < -0.4 is 0 Å². The van der Waals surface area contributed by atoms with Crippen molar-refractivity contribution in [3.63, 3.8) is 0 Å². The normalized spacial score (nSPS) is 11.8. The lowest BCUT2D eigenvalue weighted by molar-refractivity contribution is 0.627. The number of halogens is 2. The Balaban J connectivity index is 2.51. The van der Waals surface area contributed by atoms with Crippen LogP contribution >= 0.6 is 0 Å². The van der Waals surface area contributed by atoms with Crippen molar-refractivity contribution in [1.29, 1.82) is 0 Å². The molecule has 0 aliphatic rings. The first-order valence-corrected chi connectivity index (χ1v) is 4.22. The minimum Gasteiger partial charge on any atom is -0.216 e. The summed E-state index contributed by atoms with van der Waals surface area (Å²) < 4.78 is 24.4. The number of benzene rings is 1. The summed E-state index contributed by atoms with van der Waals surface area (Å²) in [6.45, 7) is 1.74. The Bertz CT molecular complexity index is 285. The summed E-state index contributed by atoms with van der Waals surface area (Å²) in [6.07, 6.45) is 2.05. The second kappa shape index (κ2) is 4.75. The largest absolute Gasteiger partial charge is 0.216 e. The molecular formula is C11H12F2. The molecule has 0 N–H and O–H groups in total. The quantitative estimate of drug-likeness (QED) is 0.669. The van der Waals surface area contributed by atoms with Crippen molar-refractivity contribution in [2.45, 2.75) is 19.8 Å². The summed E-state index contributed by atoms with van der Waals surface area (Å²) in [5.41, 5.74) is 1.74. The fourth-order valence-electron chi connectivity index (χ4n) is 1.05. The molecule has 1 aromatic rings. The van der Waals surface area contributed by atoms with Crippen LogP contribution in [0.3, 0.4) is 0 Å². The van der Waals surface area contributed by atoms with Gasteiger partial charge in [0.2, 0.25) is 0 Å². The van der Waals surface area contributed by atoms with E-state index in [-0.39, 0.29) is 5.82 Å². The van der Waals surface area contributed by atoms with Gasteiger partial charge in [-0.3, -0.25) is 0 Å². The van der Waals surface area contributed by atoms with Crippen LogP contribution in [-0.2, 0) is 6.42 Å². The first-order valence-electron chi connectivity index (χ1n) is 4.22. The Kier molecular flexibility index (Phi) is 3.62. The van der Waals surface area contributed by atoms with Crippen LogP contribution in [0, 0.1) is 5.82 Å². The maximum atomic E-state index is 12.5. The predicted octanol–water partition coefficient (Wildman–Crippen LogP) is 3.63. The van der Waals surface area contributed by atoms with E-state index in [2.05, 4.69) is 0 Å². The molecule has 0 aliphatic heterocycles. The van der Waals surface area contributed by atoms with Crippen LogP contribution in [0.2, 0.25) is 0 Å². The van der Waals surface area contributed by atoms with Crippen LogP contribution in [0.25, 0.3) is 0 Å². The minimum atomic E-state index is -0.235. The van der Waals surface area contributed by atoms with E-state index in [0.717, 1.165) is 12.0 Å². The Morgan fingerprint density at radius 1 is 1.31 bits per heavy atom. The van der Waals surface area contributed by atoms with Crippen molar-refractivity contribution in [2.75, 3.05) is 0 Å². The molecule has 0 fully saturated rings. The van der Waals surface area contributed by atoms with E-state index in [4.69, 9.17) is 0 Å². The molecule has 0 heterocycles. The van der Waals surface area contributed by atoms with Crippen molar-refractivity contribution in [3.05, 3.63) is 47.5 Å². The summed E-state index contributed by atoms with van der Waals surface area (Å²) in [4.78, 5) is 0. The molecule has 0 spiro atoms. The SMILES string of the molecule is CC(=CF)CCc1ccc(F)cc1. The second-order valence-electron chi connectivity index (χ2n) is 3.08. The maximum Gasteiger partial charge on any atom is 0.123 e. The molecule has 0 radical (unpaired) electrons. The van der Waals surface area contributed by atoms with Gasteiger partial charge in [0.25, 0.3) is 0 Å². The maximum absolute atomic E-state index is 12.5. The van der Waals surface area contributed by atoms with Crippen molar-refractivity contribution in [3.8, 4) is 0 Å². The zero-order valence-electron chi connectivity index (χ0n) is 7.56. The minimum absolute atomic E-state index is 0.235. The Labute approximate surface area is 76.9 Å². The molecule has 0 amide bonds. The number of hydrogen-bond acceptors (Lipinski definition) is 0. The van der Waals surface area contributed by atoms with Gasteiger partial charge in [0.1, 0.15) is 5.82 Å². The topological polar surface area (TPSA) is 0 Å². The summed E-state index contributed by atoms with van der Waals surface area (Å²) in [7, 11) is 0. The first-order chi connectivity index (χ1) is 6.22. The van der Waals surface area contributed by atoms with Gasteiger partial charge >= 0.3 is 0 Å².